The molecule has 0 aliphatic heterocycles. The summed E-state index contributed by atoms with van der Waals surface area (Å²) in [6, 6.07) is 15.1. The number of amides is 2. The Morgan fingerprint density at radius 2 is 1.67 bits per heavy atom. The van der Waals surface area contributed by atoms with Crippen LogP contribution < -0.4 is 10.6 Å². The van der Waals surface area contributed by atoms with Gasteiger partial charge in [0.25, 0.3) is 5.91 Å². The fourth-order valence-electron chi connectivity index (χ4n) is 4.24. The molecule has 0 heterocycles. The first kappa shape index (κ1) is 22.4. The lowest BCUT2D eigenvalue weighted by Crippen LogP contribution is -2.33. The summed E-state index contributed by atoms with van der Waals surface area (Å²) < 4.78 is 38.8. The van der Waals surface area contributed by atoms with Crippen molar-refractivity contribution in [3.05, 3.63) is 88.5 Å². The van der Waals surface area contributed by atoms with E-state index in [-0.39, 0.29) is 11.9 Å². The molecule has 0 fully saturated rings. The first-order chi connectivity index (χ1) is 15.6. The number of anilines is 1. The minimum atomic E-state index is -4.43. The standard InChI is InChI=1S/C25H21F3N2O3/c1-14-3-2-4-21(22(14)15-5-8-18(9-6-15)25(26,27)28)23(31)29-19-10-7-16-11-20(30-24(32)33)13-17(16)12-19/h2-10,12,20,30H,11,13H2,1H3,(H,29,31)(H,32,33)/t20-/m1/s1. The van der Waals surface area contributed by atoms with Gasteiger partial charge in [0, 0.05) is 17.3 Å². The maximum atomic E-state index is 13.1. The van der Waals surface area contributed by atoms with Crippen LogP contribution in [0.4, 0.5) is 23.7 Å². The van der Waals surface area contributed by atoms with Gasteiger partial charge in [-0.2, -0.15) is 13.2 Å². The molecule has 0 saturated carbocycles. The highest BCUT2D eigenvalue weighted by Crippen LogP contribution is 2.33. The van der Waals surface area contributed by atoms with E-state index in [1.54, 1.807) is 31.2 Å². The van der Waals surface area contributed by atoms with Gasteiger partial charge in [0.05, 0.1) is 5.56 Å². The van der Waals surface area contributed by atoms with E-state index >= 15 is 0 Å². The van der Waals surface area contributed by atoms with E-state index in [1.807, 2.05) is 12.1 Å². The zero-order chi connectivity index (χ0) is 23.8. The van der Waals surface area contributed by atoms with Crippen LogP contribution in [0.25, 0.3) is 11.1 Å². The van der Waals surface area contributed by atoms with E-state index in [0.717, 1.165) is 28.8 Å². The van der Waals surface area contributed by atoms with Crippen LogP contribution in [-0.4, -0.2) is 23.1 Å². The number of nitrogens with one attached hydrogen (secondary N) is 2. The van der Waals surface area contributed by atoms with E-state index < -0.39 is 17.8 Å². The molecule has 1 aliphatic carbocycles. The van der Waals surface area contributed by atoms with Crippen LogP contribution in [0.5, 0.6) is 0 Å². The summed E-state index contributed by atoms with van der Waals surface area (Å²) >= 11 is 0. The van der Waals surface area contributed by atoms with Gasteiger partial charge in [-0.25, -0.2) is 4.79 Å². The van der Waals surface area contributed by atoms with Crippen LogP contribution in [0.15, 0.2) is 60.7 Å². The van der Waals surface area contributed by atoms with Gasteiger partial charge in [-0.15, -0.1) is 0 Å². The van der Waals surface area contributed by atoms with Crippen LogP contribution in [0.1, 0.15) is 32.6 Å². The molecular formula is C25H21F3N2O3. The Kier molecular flexibility index (Phi) is 5.84. The Morgan fingerprint density at radius 3 is 2.33 bits per heavy atom. The molecule has 3 aromatic carbocycles. The average Bonchev–Trinajstić information content (AvgIpc) is 3.13. The molecule has 0 unspecified atom stereocenters. The van der Waals surface area contributed by atoms with Crippen molar-refractivity contribution in [2.75, 3.05) is 5.32 Å². The number of fused-ring (bicyclic) bond motifs is 1. The normalized spacial score (nSPS) is 15.1. The van der Waals surface area contributed by atoms with E-state index in [2.05, 4.69) is 10.6 Å². The van der Waals surface area contributed by atoms with Crippen LogP contribution >= 0.6 is 0 Å². The van der Waals surface area contributed by atoms with Crippen molar-refractivity contribution >= 4 is 17.7 Å². The third-order valence-electron chi connectivity index (χ3n) is 5.74. The number of carbonyl (C=O) groups excluding carboxylic acids is 1. The molecule has 1 atom stereocenters. The average molecular weight is 454 g/mol. The van der Waals surface area contributed by atoms with E-state index in [4.69, 9.17) is 5.11 Å². The van der Waals surface area contributed by atoms with Crippen molar-refractivity contribution in [2.24, 2.45) is 0 Å². The number of benzene rings is 3. The number of alkyl halides is 3. The summed E-state index contributed by atoms with van der Waals surface area (Å²) in [7, 11) is 0. The lowest BCUT2D eigenvalue weighted by atomic mass is 9.93. The predicted octanol–water partition coefficient (Wildman–Crippen LogP) is 5.67. The van der Waals surface area contributed by atoms with Crippen molar-refractivity contribution in [1.82, 2.24) is 5.32 Å². The van der Waals surface area contributed by atoms with Gasteiger partial charge in [-0.1, -0.05) is 30.3 Å². The maximum Gasteiger partial charge on any atom is 0.416 e. The summed E-state index contributed by atoms with van der Waals surface area (Å²) in [5.74, 6) is -0.383. The monoisotopic (exact) mass is 454 g/mol. The van der Waals surface area contributed by atoms with Crippen LogP contribution in [0.2, 0.25) is 0 Å². The first-order valence-electron chi connectivity index (χ1n) is 10.3. The van der Waals surface area contributed by atoms with Crippen LogP contribution in [-0.2, 0) is 19.0 Å². The van der Waals surface area contributed by atoms with Gasteiger partial charge in [-0.3, -0.25) is 4.79 Å². The summed E-state index contributed by atoms with van der Waals surface area (Å²) in [5.41, 5.74) is 3.98. The molecule has 2 amide bonds. The highest BCUT2D eigenvalue weighted by atomic mass is 19.4. The quantitative estimate of drug-likeness (QED) is 0.476. The Bertz CT molecular complexity index is 1220. The molecule has 3 aromatic rings. The molecule has 0 radical (unpaired) electrons. The molecule has 5 nitrogen and oxygen atoms in total. The van der Waals surface area contributed by atoms with Gasteiger partial charge in [-0.05, 0) is 77.9 Å². The highest BCUT2D eigenvalue weighted by molar-refractivity contribution is 6.09. The molecule has 8 heteroatoms. The summed E-state index contributed by atoms with van der Waals surface area (Å²) in [6.07, 6.45) is -4.38. The minimum absolute atomic E-state index is 0.202. The topological polar surface area (TPSA) is 78.4 Å². The molecule has 0 aromatic heterocycles. The number of carboxylic acid groups (broad SMARTS) is 1. The number of hydrogen-bond acceptors (Lipinski definition) is 2. The summed E-state index contributed by atoms with van der Waals surface area (Å²) in [6.45, 7) is 1.80. The molecule has 0 bridgehead atoms. The Morgan fingerprint density at radius 1 is 0.970 bits per heavy atom. The van der Waals surface area contributed by atoms with Crippen molar-refractivity contribution in [3.8, 4) is 11.1 Å². The van der Waals surface area contributed by atoms with Crippen molar-refractivity contribution in [3.63, 3.8) is 0 Å². The SMILES string of the molecule is Cc1cccc(C(=O)Nc2ccc3c(c2)C[C@H](NC(=O)O)C3)c1-c1ccc(C(F)(F)F)cc1. The largest absolute Gasteiger partial charge is 0.465 e. The molecule has 3 N–H and O–H groups in total. The van der Waals surface area contributed by atoms with Gasteiger partial charge < -0.3 is 15.7 Å². The summed E-state index contributed by atoms with van der Waals surface area (Å²) in [5, 5.41) is 14.3. The van der Waals surface area contributed by atoms with Gasteiger partial charge in [0.1, 0.15) is 0 Å². The fraction of sp³-hybridized carbons (Fsp3) is 0.200. The second kappa shape index (κ2) is 8.61. The minimum Gasteiger partial charge on any atom is -0.465 e. The van der Waals surface area contributed by atoms with Crippen LogP contribution in [0, 0.1) is 6.92 Å². The fourth-order valence-corrected chi connectivity index (χ4v) is 4.24. The third-order valence-corrected chi connectivity index (χ3v) is 5.74. The lowest BCUT2D eigenvalue weighted by Gasteiger charge is -2.15. The zero-order valence-electron chi connectivity index (χ0n) is 17.7. The van der Waals surface area contributed by atoms with Gasteiger partial charge in [0.15, 0.2) is 0 Å². The summed E-state index contributed by atoms with van der Waals surface area (Å²) in [4.78, 5) is 24.0. The smallest absolute Gasteiger partial charge is 0.416 e. The lowest BCUT2D eigenvalue weighted by molar-refractivity contribution is -0.137. The second-order valence-corrected chi connectivity index (χ2v) is 8.06. The second-order valence-electron chi connectivity index (χ2n) is 8.06. The van der Waals surface area contributed by atoms with Crippen LogP contribution in [0.3, 0.4) is 0 Å². The zero-order valence-corrected chi connectivity index (χ0v) is 17.7. The van der Waals surface area contributed by atoms with Gasteiger partial charge in [0.2, 0.25) is 0 Å². The Hall–Kier alpha value is -3.81. The highest BCUT2D eigenvalue weighted by Gasteiger charge is 2.30. The van der Waals surface area contributed by atoms with Crippen molar-refractivity contribution in [2.45, 2.75) is 32.0 Å². The number of rotatable bonds is 4. The number of halogens is 3. The van der Waals surface area contributed by atoms with Gasteiger partial charge >= 0.3 is 12.3 Å². The predicted molar refractivity (Wildman–Crippen MR) is 118 cm³/mol. The molecule has 0 saturated heterocycles. The number of aryl methyl sites for hydroxylation is 1. The maximum absolute atomic E-state index is 13.1. The number of carbonyl (C=O) groups is 2. The molecule has 1 aliphatic rings. The Balaban J connectivity index is 1.58. The van der Waals surface area contributed by atoms with E-state index in [1.165, 1.54) is 12.1 Å². The van der Waals surface area contributed by atoms with E-state index in [0.29, 0.717) is 35.2 Å². The van der Waals surface area contributed by atoms with Crippen molar-refractivity contribution in [1.29, 1.82) is 0 Å². The van der Waals surface area contributed by atoms with E-state index in [9.17, 15) is 22.8 Å². The molecule has 170 valence electrons. The van der Waals surface area contributed by atoms with Crippen molar-refractivity contribution < 1.29 is 27.9 Å². The number of hydrogen-bond donors (Lipinski definition) is 3. The molecular weight excluding hydrogens is 433 g/mol. The third kappa shape index (κ3) is 4.84. The molecule has 4 rings (SSSR count). The Labute approximate surface area is 188 Å². The molecule has 0 spiro atoms. The first-order valence-corrected chi connectivity index (χ1v) is 10.3. The molecule has 33 heavy (non-hydrogen) atoms.